The van der Waals surface area contributed by atoms with Gasteiger partial charge >= 0.3 is 0 Å². The maximum Gasteiger partial charge on any atom is 0.115 e. The summed E-state index contributed by atoms with van der Waals surface area (Å²) in [5, 5.41) is 9.19. The minimum Gasteiger partial charge on any atom is -0.508 e. The summed E-state index contributed by atoms with van der Waals surface area (Å²) in [6.45, 7) is 6.70. The molecule has 16 heavy (non-hydrogen) atoms. The molecule has 90 valence electrons. The molecular weight excluding hydrogens is 198 g/mol. The minimum absolute atomic E-state index is 0.344. The molecular formula is C14H23NO. The van der Waals surface area contributed by atoms with Crippen LogP contribution in [0, 0.1) is 0 Å². The summed E-state index contributed by atoms with van der Waals surface area (Å²) in [5.41, 5.74) is 1.29. The second kappa shape index (κ2) is 5.90. The van der Waals surface area contributed by atoms with E-state index in [4.69, 9.17) is 0 Å². The molecule has 0 radical (unpaired) electrons. The molecule has 2 nitrogen and oxygen atoms in total. The fourth-order valence-corrected chi connectivity index (χ4v) is 1.75. The first-order valence-electron chi connectivity index (χ1n) is 6.00. The van der Waals surface area contributed by atoms with Crippen LogP contribution in [-0.4, -0.2) is 29.1 Å². The summed E-state index contributed by atoms with van der Waals surface area (Å²) in [6.07, 6.45) is 2.22. The average molecular weight is 221 g/mol. The van der Waals surface area contributed by atoms with Gasteiger partial charge in [-0.3, -0.25) is 0 Å². The monoisotopic (exact) mass is 221 g/mol. The van der Waals surface area contributed by atoms with Crippen LogP contribution in [0.2, 0.25) is 0 Å². The number of aromatic hydroxyl groups is 1. The van der Waals surface area contributed by atoms with Gasteiger partial charge in [0.05, 0.1) is 0 Å². The van der Waals surface area contributed by atoms with E-state index in [0.29, 0.717) is 17.8 Å². The Morgan fingerprint density at radius 1 is 1.12 bits per heavy atom. The minimum atomic E-state index is 0.344. The van der Waals surface area contributed by atoms with Crippen molar-refractivity contribution in [1.82, 2.24) is 4.90 Å². The molecule has 0 bridgehead atoms. The van der Waals surface area contributed by atoms with Crippen LogP contribution in [0.3, 0.4) is 0 Å². The van der Waals surface area contributed by atoms with Crippen molar-refractivity contribution in [3.05, 3.63) is 29.8 Å². The van der Waals surface area contributed by atoms with Gasteiger partial charge in [-0.25, -0.2) is 0 Å². The molecule has 0 saturated carbocycles. The predicted octanol–water partition coefficient (Wildman–Crippen LogP) is 3.05. The second-order valence-electron chi connectivity index (χ2n) is 4.81. The normalized spacial score (nSPS) is 13.4. The SMILES string of the molecule is CC(C)N(C)C(C)CCc1ccc(O)cc1. The largest absolute Gasteiger partial charge is 0.508 e. The number of phenolic OH excluding ortho intramolecular Hbond substituents is 1. The number of hydrogen-bond acceptors (Lipinski definition) is 2. The highest BCUT2D eigenvalue weighted by Crippen LogP contribution is 2.14. The van der Waals surface area contributed by atoms with E-state index in [1.165, 1.54) is 5.56 Å². The third kappa shape index (κ3) is 3.86. The Labute approximate surface area is 98.9 Å². The van der Waals surface area contributed by atoms with Gasteiger partial charge in [0.25, 0.3) is 0 Å². The standard InChI is InChI=1S/C14H23NO/c1-11(2)15(4)12(3)5-6-13-7-9-14(16)10-8-13/h7-12,16H,5-6H2,1-4H3. The summed E-state index contributed by atoms with van der Waals surface area (Å²) >= 11 is 0. The van der Waals surface area contributed by atoms with E-state index in [2.05, 4.69) is 32.7 Å². The Morgan fingerprint density at radius 3 is 2.19 bits per heavy atom. The van der Waals surface area contributed by atoms with Crippen molar-refractivity contribution in [3.8, 4) is 5.75 Å². The Kier molecular flexibility index (Phi) is 4.81. The first kappa shape index (κ1) is 13.0. The van der Waals surface area contributed by atoms with E-state index in [1.54, 1.807) is 12.1 Å². The molecule has 0 aliphatic carbocycles. The van der Waals surface area contributed by atoms with Crippen LogP contribution in [0.25, 0.3) is 0 Å². The summed E-state index contributed by atoms with van der Waals surface area (Å²) in [5.74, 6) is 0.344. The van der Waals surface area contributed by atoms with Crippen LogP contribution in [0.15, 0.2) is 24.3 Å². The van der Waals surface area contributed by atoms with Gasteiger partial charge in [0, 0.05) is 12.1 Å². The molecule has 1 N–H and O–H groups in total. The fraction of sp³-hybridized carbons (Fsp3) is 0.571. The lowest BCUT2D eigenvalue weighted by atomic mass is 10.0. The predicted molar refractivity (Wildman–Crippen MR) is 68.8 cm³/mol. The third-order valence-corrected chi connectivity index (χ3v) is 3.30. The number of hydrogen-bond donors (Lipinski definition) is 1. The van der Waals surface area contributed by atoms with Crippen molar-refractivity contribution in [3.63, 3.8) is 0 Å². The van der Waals surface area contributed by atoms with Crippen molar-refractivity contribution in [1.29, 1.82) is 0 Å². The van der Waals surface area contributed by atoms with Crippen LogP contribution < -0.4 is 0 Å². The summed E-state index contributed by atoms with van der Waals surface area (Å²) < 4.78 is 0. The Morgan fingerprint density at radius 2 is 1.69 bits per heavy atom. The van der Waals surface area contributed by atoms with Gasteiger partial charge in [0.1, 0.15) is 5.75 Å². The maximum absolute atomic E-state index is 9.19. The molecule has 1 rings (SSSR count). The molecule has 1 aromatic carbocycles. The van der Waals surface area contributed by atoms with Crippen LogP contribution in [0.5, 0.6) is 5.75 Å². The van der Waals surface area contributed by atoms with Crippen LogP contribution in [0.4, 0.5) is 0 Å². The molecule has 0 saturated heterocycles. The van der Waals surface area contributed by atoms with Crippen LogP contribution in [0.1, 0.15) is 32.8 Å². The van der Waals surface area contributed by atoms with E-state index in [-0.39, 0.29) is 0 Å². The zero-order chi connectivity index (χ0) is 12.1. The molecule has 0 aliphatic heterocycles. The average Bonchev–Trinajstić information content (AvgIpc) is 2.26. The van der Waals surface area contributed by atoms with E-state index in [1.807, 2.05) is 12.1 Å². The molecule has 0 spiro atoms. The number of rotatable bonds is 5. The zero-order valence-corrected chi connectivity index (χ0v) is 10.8. The number of benzene rings is 1. The molecule has 1 aromatic rings. The Balaban J connectivity index is 2.42. The van der Waals surface area contributed by atoms with Crippen molar-refractivity contribution in [2.45, 2.75) is 45.7 Å². The van der Waals surface area contributed by atoms with Gasteiger partial charge in [-0.2, -0.15) is 0 Å². The number of nitrogens with zero attached hydrogens (tertiary/aromatic N) is 1. The van der Waals surface area contributed by atoms with Crippen molar-refractivity contribution in [2.24, 2.45) is 0 Å². The molecule has 2 heteroatoms. The van der Waals surface area contributed by atoms with Gasteiger partial charge in [-0.1, -0.05) is 12.1 Å². The number of aryl methyl sites for hydroxylation is 1. The van der Waals surface area contributed by atoms with E-state index < -0.39 is 0 Å². The van der Waals surface area contributed by atoms with Gasteiger partial charge in [-0.15, -0.1) is 0 Å². The Hall–Kier alpha value is -1.02. The van der Waals surface area contributed by atoms with Crippen molar-refractivity contribution < 1.29 is 5.11 Å². The highest BCUT2D eigenvalue weighted by molar-refractivity contribution is 5.25. The summed E-state index contributed by atoms with van der Waals surface area (Å²) in [6, 6.07) is 8.69. The molecule has 1 unspecified atom stereocenters. The van der Waals surface area contributed by atoms with Crippen LogP contribution in [-0.2, 0) is 6.42 Å². The molecule has 0 aliphatic rings. The highest BCUT2D eigenvalue weighted by atomic mass is 16.3. The van der Waals surface area contributed by atoms with E-state index in [0.717, 1.165) is 12.8 Å². The van der Waals surface area contributed by atoms with Gasteiger partial charge in [-0.05, 0) is 58.4 Å². The van der Waals surface area contributed by atoms with Crippen molar-refractivity contribution >= 4 is 0 Å². The highest BCUT2D eigenvalue weighted by Gasteiger charge is 2.11. The summed E-state index contributed by atoms with van der Waals surface area (Å²) in [7, 11) is 2.17. The van der Waals surface area contributed by atoms with Crippen molar-refractivity contribution in [2.75, 3.05) is 7.05 Å². The quantitative estimate of drug-likeness (QED) is 0.826. The van der Waals surface area contributed by atoms with Gasteiger partial charge < -0.3 is 10.0 Å². The molecule has 0 heterocycles. The van der Waals surface area contributed by atoms with E-state index >= 15 is 0 Å². The lowest BCUT2D eigenvalue weighted by Gasteiger charge is -2.28. The number of phenols is 1. The maximum atomic E-state index is 9.19. The first-order chi connectivity index (χ1) is 7.50. The lowest BCUT2D eigenvalue weighted by molar-refractivity contribution is 0.199. The lowest BCUT2D eigenvalue weighted by Crippen LogP contribution is -2.35. The fourth-order valence-electron chi connectivity index (χ4n) is 1.75. The smallest absolute Gasteiger partial charge is 0.115 e. The third-order valence-electron chi connectivity index (χ3n) is 3.30. The topological polar surface area (TPSA) is 23.5 Å². The molecule has 1 atom stereocenters. The first-order valence-corrected chi connectivity index (χ1v) is 6.00. The second-order valence-corrected chi connectivity index (χ2v) is 4.81. The zero-order valence-electron chi connectivity index (χ0n) is 10.8. The van der Waals surface area contributed by atoms with E-state index in [9.17, 15) is 5.11 Å². The van der Waals surface area contributed by atoms with Crippen LogP contribution >= 0.6 is 0 Å². The van der Waals surface area contributed by atoms with Gasteiger partial charge in [0.2, 0.25) is 0 Å². The molecule has 0 fully saturated rings. The molecule has 0 amide bonds. The molecule has 0 aromatic heterocycles. The summed E-state index contributed by atoms with van der Waals surface area (Å²) in [4.78, 5) is 2.39. The van der Waals surface area contributed by atoms with Gasteiger partial charge in [0.15, 0.2) is 0 Å². The Bertz CT molecular complexity index is 305.